The van der Waals surface area contributed by atoms with Gasteiger partial charge in [0.2, 0.25) is 0 Å². The quantitative estimate of drug-likeness (QED) is 0.830. The summed E-state index contributed by atoms with van der Waals surface area (Å²) in [7, 11) is 0. The lowest BCUT2D eigenvalue weighted by Crippen LogP contribution is -2.48. The molecule has 0 aromatic carbocycles. The molecule has 0 aliphatic heterocycles. The highest BCUT2D eigenvalue weighted by atomic mass is 16.5. The van der Waals surface area contributed by atoms with Crippen LogP contribution in [0.4, 0.5) is 0 Å². The molecule has 2 rings (SSSR count). The average molecular weight is 264 g/mol. The molecule has 3 heteroatoms. The van der Waals surface area contributed by atoms with E-state index in [4.69, 9.17) is 10.5 Å². The first kappa shape index (κ1) is 14.8. The SMILES string of the molecule is CC1CCC(C(C)C)C(OCC(N)(C#N)C2CC2)C1. The van der Waals surface area contributed by atoms with Crippen molar-refractivity contribution in [2.75, 3.05) is 6.61 Å². The first-order valence-electron chi connectivity index (χ1n) is 7.78. The topological polar surface area (TPSA) is 59.0 Å². The van der Waals surface area contributed by atoms with Gasteiger partial charge >= 0.3 is 0 Å². The highest BCUT2D eigenvalue weighted by Gasteiger charge is 2.44. The van der Waals surface area contributed by atoms with Crippen molar-refractivity contribution >= 4 is 0 Å². The van der Waals surface area contributed by atoms with Gasteiger partial charge in [-0.15, -0.1) is 0 Å². The summed E-state index contributed by atoms with van der Waals surface area (Å²) < 4.78 is 6.14. The van der Waals surface area contributed by atoms with E-state index in [-0.39, 0.29) is 0 Å². The highest BCUT2D eigenvalue weighted by Crippen LogP contribution is 2.40. The number of nitriles is 1. The molecular weight excluding hydrogens is 236 g/mol. The Kier molecular flexibility index (Phi) is 4.53. The maximum Gasteiger partial charge on any atom is 0.130 e. The Balaban J connectivity index is 1.93. The zero-order valence-corrected chi connectivity index (χ0v) is 12.6. The summed E-state index contributed by atoms with van der Waals surface area (Å²) in [6, 6.07) is 2.29. The van der Waals surface area contributed by atoms with Gasteiger partial charge in [0.25, 0.3) is 0 Å². The van der Waals surface area contributed by atoms with E-state index < -0.39 is 5.54 Å². The summed E-state index contributed by atoms with van der Waals surface area (Å²) in [5, 5.41) is 9.30. The molecule has 0 spiro atoms. The normalized spacial score (nSPS) is 34.8. The van der Waals surface area contributed by atoms with Crippen molar-refractivity contribution in [3.05, 3.63) is 0 Å². The minimum atomic E-state index is -0.748. The Morgan fingerprint density at radius 3 is 2.53 bits per heavy atom. The summed E-state index contributed by atoms with van der Waals surface area (Å²) in [5.74, 6) is 2.36. The third-order valence-corrected chi connectivity index (χ3v) is 5.01. The van der Waals surface area contributed by atoms with Gasteiger partial charge in [-0.25, -0.2) is 0 Å². The highest BCUT2D eigenvalue weighted by molar-refractivity contribution is 5.13. The van der Waals surface area contributed by atoms with Crippen LogP contribution in [0.1, 0.15) is 52.9 Å². The molecule has 4 atom stereocenters. The molecule has 2 aliphatic carbocycles. The van der Waals surface area contributed by atoms with E-state index in [1.807, 2.05) is 0 Å². The van der Waals surface area contributed by atoms with Crippen molar-refractivity contribution < 1.29 is 4.74 Å². The van der Waals surface area contributed by atoms with Crippen molar-refractivity contribution in [3.8, 4) is 6.07 Å². The van der Waals surface area contributed by atoms with Crippen LogP contribution in [-0.4, -0.2) is 18.2 Å². The van der Waals surface area contributed by atoms with Crippen LogP contribution in [0.2, 0.25) is 0 Å². The molecule has 0 saturated heterocycles. The number of nitrogens with zero attached hydrogens (tertiary/aromatic N) is 1. The Hall–Kier alpha value is -0.590. The lowest BCUT2D eigenvalue weighted by molar-refractivity contribution is -0.0519. The van der Waals surface area contributed by atoms with Crippen molar-refractivity contribution in [1.29, 1.82) is 5.26 Å². The van der Waals surface area contributed by atoms with E-state index in [0.29, 0.717) is 30.5 Å². The van der Waals surface area contributed by atoms with Crippen molar-refractivity contribution in [1.82, 2.24) is 0 Å². The largest absolute Gasteiger partial charge is 0.375 e. The van der Waals surface area contributed by atoms with E-state index in [0.717, 1.165) is 25.2 Å². The number of hydrogen-bond acceptors (Lipinski definition) is 3. The molecule has 2 aliphatic rings. The van der Waals surface area contributed by atoms with E-state index in [1.165, 1.54) is 12.8 Å². The summed E-state index contributed by atoms with van der Waals surface area (Å²) in [6.07, 6.45) is 6.13. The van der Waals surface area contributed by atoms with Crippen LogP contribution in [0.5, 0.6) is 0 Å². The maximum atomic E-state index is 9.30. The molecule has 2 saturated carbocycles. The molecule has 0 aromatic heterocycles. The predicted octanol–water partition coefficient (Wildman–Crippen LogP) is 3.09. The van der Waals surface area contributed by atoms with Crippen LogP contribution < -0.4 is 5.73 Å². The average Bonchev–Trinajstić information content (AvgIpc) is 3.20. The van der Waals surface area contributed by atoms with E-state index >= 15 is 0 Å². The second-order valence-corrected chi connectivity index (χ2v) is 7.10. The van der Waals surface area contributed by atoms with Gasteiger partial charge in [-0.1, -0.05) is 27.2 Å². The molecule has 108 valence electrons. The summed E-state index contributed by atoms with van der Waals surface area (Å²) >= 11 is 0. The van der Waals surface area contributed by atoms with Gasteiger partial charge in [0.15, 0.2) is 0 Å². The minimum absolute atomic E-state index is 0.291. The predicted molar refractivity (Wildman–Crippen MR) is 76.3 cm³/mol. The lowest BCUT2D eigenvalue weighted by atomic mass is 9.75. The monoisotopic (exact) mass is 264 g/mol. The first-order chi connectivity index (χ1) is 8.96. The van der Waals surface area contributed by atoms with Crippen molar-refractivity contribution in [2.24, 2.45) is 29.4 Å². The van der Waals surface area contributed by atoms with E-state index in [2.05, 4.69) is 26.8 Å². The summed E-state index contributed by atoms with van der Waals surface area (Å²) in [5.41, 5.74) is 5.44. The molecule has 4 unspecified atom stereocenters. The fraction of sp³-hybridized carbons (Fsp3) is 0.938. The van der Waals surface area contributed by atoms with E-state index in [1.54, 1.807) is 0 Å². The van der Waals surface area contributed by atoms with Crippen LogP contribution in [-0.2, 0) is 4.74 Å². The molecule has 0 amide bonds. The maximum absolute atomic E-state index is 9.30. The second kappa shape index (κ2) is 5.81. The van der Waals surface area contributed by atoms with Gasteiger partial charge in [0.1, 0.15) is 5.54 Å². The second-order valence-electron chi connectivity index (χ2n) is 7.10. The minimum Gasteiger partial charge on any atom is -0.375 e. The van der Waals surface area contributed by atoms with Crippen molar-refractivity contribution in [3.63, 3.8) is 0 Å². The van der Waals surface area contributed by atoms with Crippen LogP contribution in [0.25, 0.3) is 0 Å². The van der Waals surface area contributed by atoms with Gasteiger partial charge in [-0.05, 0) is 49.4 Å². The van der Waals surface area contributed by atoms with Gasteiger partial charge in [-0.3, -0.25) is 0 Å². The van der Waals surface area contributed by atoms with Crippen LogP contribution in [0.15, 0.2) is 0 Å². The molecule has 0 heterocycles. The Morgan fingerprint density at radius 1 is 1.32 bits per heavy atom. The Bertz CT molecular complexity index is 345. The zero-order chi connectivity index (χ0) is 14.0. The standard InChI is InChI=1S/C16H28N2O/c1-11(2)14-7-4-12(3)8-15(14)19-10-16(18,9-17)13-5-6-13/h11-15H,4-8,10,18H2,1-3H3. The van der Waals surface area contributed by atoms with Crippen LogP contribution >= 0.6 is 0 Å². The molecule has 2 N–H and O–H groups in total. The zero-order valence-electron chi connectivity index (χ0n) is 12.6. The fourth-order valence-electron chi connectivity index (χ4n) is 3.39. The van der Waals surface area contributed by atoms with Gasteiger partial charge in [-0.2, -0.15) is 5.26 Å². The molecule has 2 fully saturated rings. The van der Waals surface area contributed by atoms with Gasteiger partial charge in [0, 0.05) is 0 Å². The van der Waals surface area contributed by atoms with Crippen molar-refractivity contribution in [2.45, 2.75) is 64.5 Å². The van der Waals surface area contributed by atoms with Gasteiger partial charge < -0.3 is 10.5 Å². The number of nitrogens with two attached hydrogens (primary N) is 1. The fourth-order valence-corrected chi connectivity index (χ4v) is 3.39. The summed E-state index contributed by atoms with van der Waals surface area (Å²) in [6.45, 7) is 7.26. The smallest absolute Gasteiger partial charge is 0.130 e. The third-order valence-electron chi connectivity index (χ3n) is 5.01. The van der Waals surface area contributed by atoms with E-state index in [9.17, 15) is 5.26 Å². The first-order valence-corrected chi connectivity index (χ1v) is 7.78. The molecule has 0 bridgehead atoms. The number of ether oxygens (including phenoxy) is 1. The molecular formula is C16H28N2O. The number of rotatable bonds is 5. The van der Waals surface area contributed by atoms with Gasteiger partial charge in [0.05, 0.1) is 18.8 Å². The van der Waals surface area contributed by atoms with Crippen LogP contribution in [0, 0.1) is 35.0 Å². The number of hydrogen-bond donors (Lipinski definition) is 1. The Labute approximate surface area is 117 Å². The molecule has 0 radical (unpaired) electrons. The summed E-state index contributed by atoms with van der Waals surface area (Å²) in [4.78, 5) is 0. The molecule has 3 nitrogen and oxygen atoms in total. The third kappa shape index (κ3) is 3.49. The van der Waals surface area contributed by atoms with Crippen LogP contribution in [0.3, 0.4) is 0 Å². The molecule has 19 heavy (non-hydrogen) atoms. The lowest BCUT2D eigenvalue weighted by Gasteiger charge is -2.38. The Morgan fingerprint density at radius 2 is 2.00 bits per heavy atom. The molecule has 0 aromatic rings.